The Morgan fingerprint density at radius 1 is 1.25 bits per heavy atom. The van der Waals surface area contributed by atoms with Gasteiger partial charge in [-0.05, 0) is 25.6 Å². The number of aromatic nitrogens is 3. The SMILES string of the molecule is CC.CN1CCCn2nc(-c3cccc(=O)[nH]3)cc2C1. The van der Waals surface area contributed by atoms with E-state index in [1.54, 1.807) is 6.07 Å². The van der Waals surface area contributed by atoms with E-state index in [-0.39, 0.29) is 5.56 Å². The molecule has 1 N–H and O–H groups in total. The summed E-state index contributed by atoms with van der Waals surface area (Å²) in [4.78, 5) is 16.4. The van der Waals surface area contributed by atoms with Crippen LogP contribution in [-0.4, -0.2) is 33.3 Å². The molecule has 0 saturated heterocycles. The molecule has 0 unspecified atom stereocenters. The normalized spacial score (nSPS) is 14.9. The van der Waals surface area contributed by atoms with E-state index in [4.69, 9.17) is 0 Å². The Kier molecular flexibility index (Phi) is 4.74. The van der Waals surface area contributed by atoms with Crippen molar-refractivity contribution in [3.63, 3.8) is 0 Å². The molecule has 1 aliphatic rings. The molecule has 0 saturated carbocycles. The zero-order valence-electron chi connectivity index (χ0n) is 12.4. The fourth-order valence-corrected chi connectivity index (χ4v) is 2.35. The van der Waals surface area contributed by atoms with E-state index in [2.05, 4.69) is 28.1 Å². The van der Waals surface area contributed by atoms with E-state index < -0.39 is 0 Å². The van der Waals surface area contributed by atoms with Crippen molar-refractivity contribution in [2.45, 2.75) is 33.4 Å². The third kappa shape index (κ3) is 3.17. The lowest BCUT2D eigenvalue weighted by Gasteiger charge is -2.10. The lowest BCUT2D eigenvalue weighted by atomic mass is 10.2. The van der Waals surface area contributed by atoms with E-state index in [0.29, 0.717) is 0 Å². The summed E-state index contributed by atoms with van der Waals surface area (Å²) in [5.41, 5.74) is 2.74. The number of rotatable bonds is 1. The van der Waals surface area contributed by atoms with Crippen LogP contribution in [0.5, 0.6) is 0 Å². The van der Waals surface area contributed by atoms with Gasteiger partial charge in [0, 0.05) is 25.7 Å². The molecule has 0 bridgehead atoms. The summed E-state index contributed by atoms with van der Waals surface area (Å²) in [5.74, 6) is 0. The molecule has 1 aliphatic heterocycles. The summed E-state index contributed by atoms with van der Waals surface area (Å²) < 4.78 is 2.05. The molecule has 108 valence electrons. The summed E-state index contributed by atoms with van der Waals surface area (Å²) in [5, 5.41) is 4.58. The molecule has 2 aromatic heterocycles. The number of pyridine rings is 1. The first-order valence-electron chi connectivity index (χ1n) is 7.17. The highest BCUT2D eigenvalue weighted by molar-refractivity contribution is 5.53. The number of nitrogens with one attached hydrogen (secondary N) is 1. The van der Waals surface area contributed by atoms with Crippen LogP contribution in [0, 0.1) is 0 Å². The van der Waals surface area contributed by atoms with Gasteiger partial charge < -0.3 is 9.88 Å². The first kappa shape index (κ1) is 14.5. The molecule has 5 heteroatoms. The molecule has 0 radical (unpaired) electrons. The number of aromatic amines is 1. The number of H-pyrrole nitrogens is 1. The molecule has 5 nitrogen and oxygen atoms in total. The zero-order valence-corrected chi connectivity index (χ0v) is 12.4. The smallest absolute Gasteiger partial charge is 0.248 e. The lowest BCUT2D eigenvalue weighted by molar-refractivity contribution is 0.332. The molecule has 0 amide bonds. The molecular formula is C15H22N4O. The van der Waals surface area contributed by atoms with Crippen LogP contribution in [0.2, 0.25) is 0 Å². The van der Waals surface area contributed by atoms with Crippen LogP contribution in [-0.2, 0) is 13.1 Å². The molecule has 2 aromatic rings. The number of hydrogen-bond acceptors (Lipinski definition) is 3. The van der Waals surface area contributed by atoms with Gasteiger partial charge in [0.15, 0.2) is 0 Å². The molecule has 3 heterocycles. The van der Waals surface area contributed by atoms with Crippen molar-refractivity contribution in [1.29, 1.82) is 0 Å². The van der Waals surface area contributed by atoms with E-state index in [9.17, 15) is 4.79 Å². The van der Waals surface area contributed by atoms with Gasteiger partial charge in [0.25, 0.3) is 0 Å². The van der Waals surface area contributed by atoms with E-state index in [1.165, 1.54) is 11.8 Å². The topological polar surface area (TPSA) is 53.9 Å². The van der Waals surface area contributed by atoms with Crippen molar-refractivity contribution in [2.75, 3.05) is 13.6 Å². The van der Waals surface area contributed by atoms with Gasteiger partial charge in [-0.3, -0.25) is 9.48 Å². The Bertz CT molecular complexity index is 614. The van der Waals surface area contributed by atoms with Gasteiger partial charge in [0.05, 0.1) is 11.4 Å². The van der Waals surface area contributed by atoms with Crippen molar-refractivity contribution in [3.8, 4) is 11.4 Å². The maximum absolute atomic E-state index is 11.3. The van der Waals surface area contributed by atoms with E-state index in [0.717, 1.165) is 37.4 Å². The molecule has 0 atom stereocenters. The molecule has 0 aliphatic carbocycles. The molecule has 0 aromatic carbocycles. The highest BCUT2D eigenvalue weighted by Crippen LogP contribution is 2.18. The van der Waals surface area contributed by atoms with Crippen LogP contribution in [0.25, 0.3) is 11.4 Å². The largest absolute Gasteiger partial charge is 0.321 e. The summed E-state index contributed by atoms with van der Waals surface area (Å²) in [6.07, 6.45) is 1.11. The van der Waals surface area contributed by atoms with Gasteiger partial charge in [-0.15, -0.1) is 0 Å². The van der Waals surface area contributed by atoms with Gasteiger partial charge in [-0.25, -0.2) is 0 Å². The number of nitrogens with zero attached hydrogens (tertiary/aromatic N) is 3. The Morgan fingerprint density at radius 2 is 2.05 bits per heavy atom. The Labute approximate surface area is 119 Å². The highest BCUT2D eigenvalue weighted by Gasteiger charge is 2.14. The van der Waals surface area contributed by atoms with Crippen molar-refractivity contribution >= 4 is 0 Å². The highest BCUT2D eigenvalue weighted by atomic mass is 16.1. The zero-order chi connectivity index (χ0) is 14.5. The number of aryl methyl sites for hydroxylation is 1. The van der Waals surface area contributed by atoms with E-state index >= 15 is 0 Å². The Morgan fingerprint density at radius 3 is 2.80 bits per heavy atom. The minimum absolute atomic E-state index is 0.0900. The second-order valence-corrected chi connectivity index (χ2v) is 4.76. The van der Waals surface area contributed by atoms with Crippen molar-refractivity contribution in [2.24, 2.45) is 0 Å². The van der Waals surface area contributed by atoms with Crippen molar-refractivity contribution in [3.05, 3.63) is 40.3 Å². The van der Waals surface area contributed by atoms with Crippen LogP contribution in [0.3, 0.4) is 0 Å². The average Bonchev–Trinajstić information content (AvgIpc) is 2.76. The fourth-order valence-electron chi connectivity index (χ4n) is 2.35. The third-order valence-corrected chi connectivity index (χ3v) is 3.25. The third-order valence-electron chi connectivity index (χ3n) is 3.25. The Hall–Kier alpha value is -1.88. The quantitative estimate of drug-likeness (QED) is 0.866. The minimum Gasteiger partial charge on any atom is -0.321 e. The molecular weight excluding hydrogens is 252 g/mol. The minimum atomic E-state index is -0.0900. The maximum Gasteiger partial charge on any atom is 0.248 e. The summed E-state index contributed by atoms with van der Waals surface area (Å²) in [7, 11) is 2.12. The molecule has 0 spiro atoms. The standard InChI is InChI=1S/C13H16N4O.C2H6/c1-16-6-3-7-17-10(9-16)8-12(15-17)11-4-2-5-13(18)14-11;1-2/h2,4-5,8H,3,6-7,9H2,1H3,(H,14,18);1-2H3. The first-order chi connectivity index (χ1) is 9.72. The average molecular weight is 274 g/mol. The van der Waals surface area contributed by atoms with Crippen molar-refractivity contribution < 1.29 is 0 Å². The lowest BCUT2D eigenvalue weighted by Crippen LogP contribution is -2.16. The second kappa shape index (κ2) is 6.52. The summed E-state index contributed by atoms with van der Waals surface area (Å²) in [6, 6.07) is 7.21. The fraction of sp³-hybridized carbons (Fsp3) is 0.467. The summed E-state index contributed by atoms with van der Waals surface area (Å²) in [6.45, 7) is 6.95. The van der Waals surface area contributed by atoms with Gasteiger partial charge in [-0.2, -0.15) is 5.10 Å². The van der Waals surface area contributed by atoms with Gasteiger partial charge >= 0.3 is 0 Å². The summed E-state index contributed by atoms with van der Waals surface area (Å²) >= 11 is 0. The van der Waals surface area contributed by atoms with Crippen LogP contribution in [0.4, 0.5) is 0 Å². The monoisotopic (exact) mass is 274 g/mol. The van der Waals surface area contributed by atoms with Gasteiger partial charge in [0.1, 0.15) is 5.69 Å². The van der Waals surface area contributed by atoms with Crippen LogP contribution < -0.4 is 5.56 Å². The Balaban J connectivity index is 0.000000704. The maximum atomic E-state index is 11.3. The molecule has 3 rings (SSSR count). The van der Waals surface area contributed by atoms with Crippen LogP contribution in [0.15, 0.2) is 29.1 Å². The van der Waals surface area contributed by atoms with Gasteiger partial charge in [0.2, 0.25) is 5.56 Å². The van der Waals surface area contributed by atoms with Crippen molar-refractivity contribution in [1.82, 2.24) is 19.7 Å². The number of fused-ring (bicyclic) bond motifs is 1. The van der Waals surface area contributed by atoms with Gasteiger partial charge in [-0.1, -0.05) is 19.9 Å². The first-order valence-corrected chi connectivity index (χ1v) is 7.17. The van der Waals surface area contributed by atoms with Crippen LogP contribution >= 0.6 is 0 Å². The van der Waals surface area contributed by atoms with Crippen LogP contribution in [0.1, 0.15) is 26.0 Å². The number of hydrogen-bond donors (Lipinski definition) is 1. The molecule has 20 heavy (non-hydrogen) atoms. The van der Waals surface area contributed by atoms with E-state index in [1.807, 2.05) is 24.6 Å². The predicted molar refractivity (Wildman–Crippen MR) is 80.6 cm³/mol. The second-order valence-electron chi connectivity index (χ2n) is 4.76. The predicted octanol–water partition coefficient (Wildman–Crippen LogP) is 2.10. The molecule has 0 fully saturated rings.